The van der Waals surface area contributed by atoms with Crippen LogP contribution < -0.4 is 10.1 Å². The van der Waals surface area contributed by atoms with Crippen LogP contribution in [0.25, 0.3) is 5.69 Å². The molecular formula is C20H20Cl2N4O2S. The normalized spacial score (nSPS) is 10.9. The number of thioether (sulfide) groups is 1. The van der Waals surface area contributed by atoms with Gasteiger partial charge in [-0.1, -0.05) is 64.8 Å². The highest BCUT2D eigenvalue weighted by molar-refractivity contribution is 7.98. The summed E-state index contributed by atoms with van der Waals surface area (Å²) >= 11 is 12.8. The molecule has 29 heavy (non-hydrogen) atoms. The van der Waals surface area contributed by atoms with E-state index in [1.165, 1.54) is 0 Å². The van der Waals surface area contributed by atoms with Gasteiger partial charge < -0.3 is 10.1 Å². The number of alkyl halides is 2. The maximum atomic E-state index is 11.7. The summed E-state index contributed by atoms with van der Waals surface area (Å²) in [6.45, 7) is 2.19. The molecular weight excluding hydrogens is 431 g/mol. The van der Waals surface area contributed by atoms with Crippen LogP contribution >= 0.6 is 35.0 Å². The van der Waals surface area contributed by atoms with Gasteiger partial charge in [0.2, 0.25) is 0 Å². The highest BCUT2D eigenvalue weighted by Crippen LogP contribution is 2.27. The van der Waals surface area contributed by atoms with E-state index in [0.29, 0.717) is 16.7 Å². The first-order valence-electron chi connectivity index (χ1n) is 8.81. The summed E-state index contributed by atoms with van der Waals surface area (Å²) in [5, 5.41) is 12.0. The number of halogens is 2. The second kappa shape index (κ2) is 10.0. The monoisotopic (exact) mass is 450 g/mol. The van der Waals surface area contributed by atoms with Gasteiger partial charge >= 0.3 is 0 Å². The van der Waals surface area contributed by atoms with E-state index in [4.69, 9.17) is 27.9 Å². The molecule has 0 fully saturated rings. The number of carbonyl (C=O) groups excluding carboxylic acids is 1. The minimum atomic E-state index is -1.13. The molecule has 0 unspecified atom stereocenters. The van der Waals surface area contributed by atoms with Gasteiger partial charge in [0, 0.05) is 11.4 Å². The number of hydrogen-bond acceptors (Lipinski definition) is 5. The van der Waals surface area contributed by atoms with Crippen LogP contribution in [-0.4, -0.2) is 32.6 Å². The molecule has 1 aromatic heterocycles. The van der Waals surface area contributed by atoms with Gasteiger partial charge in [0.25, 0.3) is 5.91 Å². The summed E-state index contributed by atoms with van der Waals surface area (Å²) in [5.74, 6) is 1.61. The summed E-state index contributed by atoms with van der Waals surface area (Å²) in [7, 11) is 1.65. The lowest BCUT2D eigenvalue weighted by Crippen LogP contribution is -2.29. The molecule has 0 aliphatic rings. The zero-order valence-electron chi connectivity index (χ0n) is 15.9. The van der Waals surface area contributed by atoms with Crippen molar-refractivity contribution in [2.24, 2.45) is 0 Å². The number of hydrogen-bond donors (Lipinski definition) is 1. The van der Waals surface area contributed by atoms with Crippen molar-refractivity contribution in [1.29, 1.82) is 0 Å². The van der Waals surface area contributed by atoms with Crippen LogP contribution in [0.5, 0.6) is 5.75 Å². The molecule has 0 atom stereocenters. The van der Waals surface area contributed by atoms with Gasteiger partial charge in [-0.05, 0) is 36.8 Å². The summed E-state index contributed by atoms with van der Waals surface area (Å²) in [4.78, 5) is 10.6. The molecule has 0 bridgehead atoms. The van der Waals surface area contributed by atoms with Gasteiger partial charge in [-0.15, -0.1) is 10.2 Å². The van der Waals surface area contributed by atoms with Crippen LogP contribution in [0.2, 0.25) is 0 Å². The van der Waals surface area contributed by atoms with Crippen molar-refractivity contribution < 1.29 is 9.53 Å². The fourth-order valence-electron chi connectivity index (χ4n) is 2.61. The molecule has 0 saturated carbocycles. The highest BCUT2D eigenvalue weighted by Gasteiger charge is 2.17. The standard InChI is InChI=1S/C20H20Cl2N4O2S/c1-13-6-8-15(9-7-13)26-17(11-23-19(27)18(21)22)24-25-20(26)29-12-14-4-3-5-16(10-14)28-2/h3-10,18H,11-12H2,1-2H3,(H,23,27). The van der Waals surface area contributed by atoms with E-state index in [9.17, 15) is 4.79 Å². The number of rotatable bonds is 8. The smallest absolute Gasteiger partial charge is 0.253 e. The average Bonchev–Trinajstić information content (AvgIpc) is 3.14. The minimum Gasteiger partial charge on any atom is -0.497 e. The van der Waals surface area contributed by atoms with Crippen molar-refractivity contribution in [3.8, 4) is 11.4 Å². The van der Waals surface area contributed by atoms with E-state index in [0.717, 1.165) is 22.6 Å². The average molecular weight is 451 g/mol. The molecule has 0 radical (unpaired) electrons. The Morgan fingerprint density at radius 1 is 1.21 bits per heavy atom. The molecule has 0 aliphatic heterocycles. The zero-order chi connectivity index (χ0) is 20.8. The number of amides is 1. The molecule has 9 heteroatoms. The van der Waals surface area contributed by atoms with E-state index in [2.05, 4.69) is 15.5 Å². The van der Waals surface area contributed by atoms with Gasteiger partial charge in [0.15, 0.2) is 15.8 Å². The van der Waals surface area contributed by atoms with Gasteiger partial charge in [0.1, 0.15) is 5.75 Å². The Balaban J connectivity index is 1.85. The summed E-state index contributed by atoms with van der Waals surface area (Å²) in [6.07, 6.45) is 0. The zero-order valence-corrected chi connectivity index (χ0v) is 18.3. The van der Waals surface area contributed by atoms with E-state index >= 15 is 0 Å². The number of methoxy groups -OCH3 is 1. The van der Waals surface area contributed by atoms with Gasteiger partial charge in [-0.2, -0.15) is 0 Å². The third-order valence-corrected chi connectivity index (χ3v) is 5.51. The van der Waals surface area contributed by atoms with Crippen molar-refractivity contribution in [3.63, 3.8) is 0 Å². The van der Waals surface area contributed by atoms with Crippen LogP contribution in [0.15, 0.2) is 53.7 Å². The summed E-state index contributed by atoms with van der Waals surface area (Å²) < 4.78 is 7.20. The molecule has 6 nitrogen and oxygen atoms in total. The first-order chi connectivity index (χ1) is 14.0. The van der Waals surface area contributed by atoms with Crippen molar-refractivity contribution in [1.82, 2.24) is 20.1 Å². The number of carbonyl (C=O) groups is 1. The summed E-state index contributed by atoms with van der Waals surface area (Å²) in [6, 6.07) is 15.9. The number of aryl methyl sites for hydroxylation is 1. The molecule has 0 aliphatic carbocycles. The van der Waals surface area contributed by atoms with Gasteiger partial charge in [-0.3, -0.25) is 9.36 Å². The van der Waals surface area contributed by atoms with Crippen molar-refractivity contribution >= 4 is 40.9 Å². The lowest BCUT2D eigenvalue weighted by molar-refractivity contribution is -0.119. The Hall–Kier alpha value is -2.22. The Bertz CT molecular complexity index is 977. The van der Waals surface area contributed by atoms with Crippen molar-refractivity contribution in [2.75, 3.05) is 7.11 Å². The van der Waals surface area contributed by atoms with E-state index in [-0.39, 0.29) is 6.54 Å². The number of nitrogens with one attached hydrogen (secondary N) is 1. The van der Waals surface area contributed by atoms with Crippen LogP contribution in [0.3, 0.4) is 0 Å². The number of ether oxygens (including phenoxy) is 1. The van der Waals surface area contributed by atoms with Gasteiger partial charge in [-0.25, -0.2) is 0 Å². The topological polar surface area (TPSA) is 69.0 Å². The van der Waals surface area contributed by atoms with Crippen molar-refractivity contribution in [3.05, 3.63) is 65.5 Å². The maximum Gasteiger partial charge on any atom is 0.253 e. The van der Waals surface area contributed by atoms with Crippen molar-refractivity contribution in [2.45, 2.75) is 29.2 Å². The first kappa shape index (κ1) is 21.5. The molecule has 3 rings (SSSR count). The molecule has 1 heterocycles. The molecule has 1 N–H and O–H groups in total. The molecule has 0 spiro atoms. The molecule has 0 saturated heterocycles. The lowest BCUT2D eigenvalue weighted by atomic mass is 10.2. The molecule has 3 aromatic rings. The SMILES string of the molecule is COc1cccc(CSc2nnc(CNC(=O)C(Cl)Cl)n2-c2ccc(C)cc2)c1. The minimum absolute atomic E-state index is 0.162. The Kier molecular flexibility index (Phi) is 7.41. The summed E-state index contributed by atoms with van der Waals surface area (Å²) in [5.41, 5.74) is 3.16. The van der Waals surface area contributed by atoms with Crippen LogP contribution in [-0.2, 0) is 17.1 Å². The largest absolute Gasteiger partial charge is 0.497 e. The predicted molar refractivity (Wildman–Crippen MR) is 116 cm³/mol. The quantitative estimate of drug-likeness (QED) is 0.409. The number of nitrogens with zero attached hydrogens (tertiary/aromatic N) is 3. The molecule has 1 amide bonds. The fraction of sp³-hybridized carbons (Fsp3) is 0.250. The predicted octanol–water partition coefficient (Wildman–Crippen LogP) is 4.30. The second-order valence-corrected chi connectivity index (χ2v) is 8.27. The number of benzene rings is 2. The highest BCUT2D eigenvalue weighted by atomic mass is 35.5. The Morgan fingerprint density at radius 2 is 1.97 bits per heavy atom. The third-order valence-electron chi connectivity index (χ3n) is 4.11. The number of aromatic nitrogens is 3. The second-order valence-electron chi connectivity index (χ2n) is 6.23. The fourth-order valence-corrected chi connectivity index (χ4v) is 3.68. The van der Waals surface area contributed by atoms with Crippen LogP contribution in [0.1, 0.15) is 17.0 Å². The van der Waals surface area contributed by atoms with E-state index < -0.39 is 10.7 Å². The lowest BCUT2D eigenvalue weighted by Gasteiger charge is -2.12. The first-order valence-corrected chi connectivity index (χ1v) is 10.7. The van der Waals surface area contributed by atoms with Crippen LogP contribution in [0, 0.1) is 6.92 Å². The van der Waals surface area contributed by atoms with Gasteiger partial charge in [0.05, 0.1) is 13.7 Å². The maximum absolute atomic E-state index is 11.7. The Morgan fingerprint density at radius 3 is 2.66 bits per heavy atom. The van der Waals surface area contributed by atoms with Crippen LogP contribution in [0.4, 0.5) is 0 Å². The molecule has 152 valence electrons. The molecule has 2 aromatic carbocycles. The third kappa shape index (κ3) is 5.65. The Labute approximate surface area is 183 Å². The van der Waals surface area contributed by atoms with E-state index in [1.54, 1.807) is 18.9 Å². The van der Waals surface area contributed by atoms with E-state index in [1.807, 2.05) is 60.0 Å².